The molecule has 3 nitrogen and oxygen atoms in total. The highest BCUT2D eigenvalue weighted by molar-refractivity contribution is 5.86. The van der Waals surface area contributed by atoms with Crippen LogP contribution >= 0.6 is 0 Å². The van der Waals surface area contributed by atoms with Crippen LogP contribution < -0.4 is 5.32 Å². The van der Waals surface area contributed by atoms with Crippen molar-refractivity contribution in [3.8, 4) is 12.3 Å². The smallest absolute Gasteiger partial charge is 0.221 e. The summed E-state index contributed by atoms with van der Waals surface area (Å²) < 4.78 is 0. The molecule has 0 aliphatic heterocycles. The first kappa shape index (κ1) is 10.4. The second-order valence-electron chi connectivity index (χ2n) is 2.10. The van der Waals surface area contributed by atoms with E-state index in [-0.39, 0.29) is 5.91 Å². The maximum absolute atomic E-state index is 10.6. The molecule has 1 N–H and O–H groups in total. The molecule has 12 heavy (non-hydrogen) atoms. The van der Waals surface area contributed by atoms with Gasteiger partial charge in [-0.25, -0.2) is 0 Å². The zero-order valence-corrected chi connectivity index (χ0v) is 7.29. The van der Waals surface area contributed by atoms with E-state index in [1.807, 2.05) is 6.92 Å². The lowest BCUT2D eigenvalue weighted by molar-refractivity contribution is -0.118. The molecule has 0 unspecified atom stereocenters. The Hall–Kier alpha value is -1.56. The van der Waals surface area contributed by atoms with Gasteiger partial charge in [0.2, 0.25) is 5.91 Å². The predicted molar refractivity (Wildman–Crippen MR) is 49.8 cm³/mol. The van der Waals surface area contributed by atoms with E-state index in [0.717, 1.165) is 0 Å². The normalized spacial score (nSPS) is 11.2. The van der Waals surface area contributed by atoms with Gasteiger partial charge < -0.3 is 5.32 Å². The van der Waals surface area contributed by atoms with Crippen LogP contribution in [0.4, 0.5) is 0 Å². The average molecular weight is 164 g/mol. The average Bonchev–Trinajstić information content (AvgIpc) is 2.02. The molecule has 0 saturated carbocycles. The van der Waals surface area contributed by atoms with Gasteiger partial charge in [0.05, 0.1) is 12.2 Å². The molecule has 0 aromatic carbocycles. The van der Waals surface area contributed by atoms with Gasteiger partial charge in [-0.05, 0) is 6.92 Å². The zero-order chi connectivity index (χ0) is 9.40. The molecular formula is C9H12N2O. The number of hydrogen-bond acceptors (Lipinski definition) is 2. The summed E-state index contributed by atoms with van der Waals surface area (Å²) in [6, 6.07) is 0. The van der Waals surface area contributed by atoms with Crippen molar-refractivity contribution in [1.29, 1.82) is 0 Å². The number of nitrogens with one attached hydrogen (secondary N) is 1. The Kier molecular flexibility index (Phi) is 5.37. The highest BCUT2D eigenvalue weighted by Crippen LogP contribution is 1.83. The molecule has 0 aromatic rings. The summed E-state index contributed by atoms with van der Waals surface area (Å²) in [5.74, 6) is 2.25. The number of hydrogen-bond donors (Lipinski definition) is 1. The van der Waals surface area contributed by atoms with Crippen LogP contribution in [0, 0.1) is 12.3 Å². The Morgan fingerprint density at radius 2 is 2.42 bits per heavy atom. The van der Waals surface area contributed by atoms with Gasteiger partial charge in [0.25, 0.3) is 0 Å². The number of carbonyl (C=O) groups excluding carboxylic acids is 1. The van der Waals surface area contributed by atoms with Crippen molar-refractivity contribution in [2.24, 2.45) is 4.99 Å². The number of allylic oxidation sites excluding steroid dienone is 2. The molecule has 0 atom stereocenters. The van der Waals surface area contributed by atoms with Gasteiger partial charge in [0.1, 0.15) is 0 Å². The summed E-state index contributed by atoms with van der Waals surface area (Å²) >= 11 is 0. The second kappa shape index (κ2) is 6.17. The van der Waals surface area contributed by atoms with Crippen LogP contribution in [0.3, 0.4) is 0 Å². The van der Waals surface area contributed by atoms with Crippen LogP contribution in [-0.2, 0) is 4.79 Å². The van der Waals surface area contributed by atoms with E-state index >= 15 is 0 Å². The van der Waals surface area contributed by atoms with Crippen molar-refractivity contribution in [1.82, 2.24) is 5.32 Å². The van der Waals surface area contributed by atoms with Gasteiger partial charge in [-0.2, -0.15) is 0 Å². The second-order valence-corrected chi connectivity index (χ2v) is 2.10. The Balaban J connectivity index is 4.03. The van der Waals surface area contributed by atoms with Crippen molar-refractivity contribution in [2.75, 3.05) is 6.54 Å². The quantitative estimate of drug-likeness (QED) is 0.485. The molecule has 0 radical (unpaired) electrons. The maximum atomic E-state index is 10.6. The number of aliphatic imine (C=N–C) groups is 1. The molecule has 0 saturated heterocycles. The fraction of sp³-hybridized carbons (Fsp3) is 0.333. The largest absolute Gasteiger partial charge is 0.325 e. The number of amides is 1. The SMILES string of the molecule is C#CCN=C/C(=C\C)NC(C)=O. The van der Waals surface area contributed by atoms with Gasteiger partial charge in [-0.3, -0.25) is 9.79 Å². The molecule has 3 heteroatoms. The van der Waals surface area contributed by atoms with E-state index in [1.165, 1.54) is 6.92 Å². The maximum Gasteiger partial charge on any atom is 0.221 e. The van der Waals surface area contributed by atoms with E-state index in [9.17, 15) is 4.79 Å². The zero-order valence-electron chi connectivity index (χ0n) is 7.29. The minimum Gasteiger partial charge on any atom is -0.325 e. The van der Waals surface area contributed by atoms with Crippen LogP contribution in [0.25, 0.3) is 0 Å². The van der Waals surface area contributed by atoms with E-state index in [1.54, 1.807) is 12.3 Å². The highest BCUT2D eigenvalue weighted by Gasteiger charge is 1.92. The molecule has 0 heterocycles. The first-order chi connectivity index (χ1) is 5.70. The van der Waals surface area contributed by atoms with Crippen molar-refractivity contribution >= 4 is 12.1 Å². The molecule has 1 amide bonds. The lowest BCUT2D eigenvalue weighted by Gasteiger charge is -1.99. The topological polar surface area (TPSA) is 41.5 Å². The van der Waals surface area contributed by atoms with E-state index in [2.05, 4.69) is 16.2 Å². The van der Waals surface area contributed by atoms with Crippen LogP contribution in [0.1, 0.15) is 13.8 Å². The number of terminal acetylenes is 1. The van der Waals surface area contributed by atoms with Gasteiger partial charge in [-0.1, -0.05) is 12.0 Å². The third kappa shape index (κ3) is 5.24. The van der Waals surface area contributed by atoms with Crippen molar-refractivity contribution in [3.63, 3.8) is 0 Å². The van der Waals surface area contributed by atoms with E-state index in [0.29, 0.717) is 12.2 Å². The Bertz CT molecular complexity index is 246. The number of nitrogens with zero attached hydrogens (tertiary/aromatic N) is 1. The minimum absolute atomic E-state index is 0.116. The molecule has 0 aliphatic rings. The standard InChI is InChI=1S/C9H12N2O/c1-4-6-10-7-9(5-2)11-8(3)12/h1,5,7H,6H2,2-3H3,(H,11,12)/b9-5+,10-7?. The molecule has 0 rings (SSSR count). The van der Waals surface area contributed by atoms with Crippen molar-refractivity contribution in [3.05, 3.63) is 11.8 Å². The molecule has 0 bridgehead atoms. The lowest BCUT2D eigenvalue weighted by atomic mass is 10.4. The fourth-order valence-electron chi connectivity index (χ4n) is 0.579. The molecule has 0 aromatic heterocycles. The third-order valence-electron chi connectivity index (χ3n) is 1.04. The van der Waals surface area contributed by atoms with Crippen LogP contribution in [0.15, 0.2) is 16.8 Å². The molecule has 0 aliphatic carbocycles. The van der Waals surface area contributed by atoms with Gasteiger partial charge in [0, 0.05) is 13.1 Å². The Morgan fingerprint density at radius 3 is 2.83 bits per heavy atom. The molecular weight excluding hydrogens is 152 g/mol. The van der Waals surface area contributed by atoms with E-state index in [4.69, 9.17) is 6.42 Å². The summed E-state index contributed by atoms with van der Waals surface area (Å²) in [6.07, 6.45) is 8.28. The van der Waals surface area contributed by atoms with Crippen LogP contribution in [0.5, 0.6) is 0 Å². The van der Waals surface area contributed by atoms with Crippen LogP contribution in [-0.4, -0.2) is 18.7 Å². The van der Waals surface area contributed by atoms with Gasteiger partial charge in [-0.15, -0.1) is 6.42 Å². The fourth-order valence-corrected chi connectivity index (χ4v) is 0.579. The van der Waals surface area contributed by atoms with Crippen molar-refractivity contribution in [2.45, 2.75) is 13.8 Å². The Labute approximate surface area is 72.6 Å². The number of carbonyl (C=O) groups is 1. The third-order valence-corrected chi connectivity index (χ3v) is 1.04. The van der Waals surface area contributed by atoms with Crippen LogP contribution in [0.2, 0.25) is 0 Å². The first-order valence-corrected chi connectivity index (χ1v) is 3.58. The molecule has 0 fully saturated rings. The van der Waals surface area contributed by atoms with Crippen molar-refractivity contribution < 1.29 is 4.79 Å². The number of rotatable bonds is 3. The summed E-state index contributed by atoms with van der Waals surface area (Å²) in [5.41, 5.74) is 0.665. The predicted octanol–water partition coefficient (Wildman–Crippen LogP) is 0.730. The molecule has 0 spiro atoms. The lowest BCUT2D eigenvalue weighted by Crippen LogP contribution is -2.19. The first-order valence-electron chi connectivity index (χ1n) is 3.58. The van der Waals surface area contributed by atoms with E-state index < -0.39 is 0 Å². The van der Waals surface area contributed by atoms with Gasteiger partial charge >= 0.3 is 0 Å². The summed E-state index contributed by atoms with van der Waals surface area (Å²) in [7, 11) is 0. The minimum atomic E-state index is -0.116. The summed E-state index contributed by atoms with van der Waals surface area (Å²) in [6.45, 7) is 3.59. The van der Waals surface area contributed by atoms with Gasteiger partial charge in [0.15, 0.2) is 0 Å². The Morgan fingerprint density at radius 1 is 1.75 bits per heavy atom. The summed E-state index contributed by atoms with van der Waals surface area (Å²) in [5, 5.41) is 2.59. The summed E-state index contributed by atoms with van der Waals surface area (Å²) in [4.78, 5) is 14.5. The monoisotopic (exact) mass is 164 g/mol. The molecule has 64 valence electrons. The highest BCUT2D eigenvalue weighted by atomic mass is 16.1.